The monoisotopic (exact) mass is 512 g/mol. The molecule has 6 nitrogen and oxygen atoms in total. The number of hydrogen-bond acceptors (Lipinski definition) is 4. The summed E-state index contributed by atoms with van der Waals surface area (Å²) < 4.78 is 6.67. The highest BCUT2D eigenvalue weighted by Gasteiger charge is 2.46. The molecule has 7 heteroatoms. The standard InChI is InChI=1S/C27H17BrN2O4/c28-16-10-11-21-15(12-16)13-22(34-21)25(31)23-24(19-14-29-20-9-5-4-8-18(19)20)30(27(33)26(23)32)17-6-2-1-3-7-17/h1-14,24,29,32H. The number of nitrogens with zero attached hydrogens (tertiary/aromatic N) is 1. The molecule has 3 aromatic carbocycles. The fraction of sp³-hybridized carbons (Fsp3) is 0.0370. The van der Waals surface area contributed by atoms with Crippen LogP contribution in [0.15, 0.2) is 105 Å². The minimum Gasteiger partial charge on any atom is -0.503 e. The number of rotatable bonds is 4. The van der Waals surface area contributed by atoms with Gasteiger partial charge in [-0.1, -0.05) is 52.3 Å². The third-order valence-corrected chi connectivity index (χ3v) is 6.60. The number of aliphatic hydroxyl groups is 1. The van der Waals surface area contributed by atoms with E-state index in [-0.39, 0.29) is 11.3 Å². The van der Waals surface area contributed by atoms with Crippen molar-refractivity contribution in [2.75, 3.05) is 4.90 Å². The first-order chi connectivity index (χ1) is 16.5. The normalized spacial score (nSPS) is 16.2. The van der Waals surface area contributed by atoms with Crippen molar-refractivity contribution in [2.24, 2.45) is 0 Å². The number of carbonyl (C=O) groups excluding carboxylic acids is 2. The Morgan fingerprint density at radius 3 is 2.59 bits per heavy atom. The number of amides is 1. The maximum absolute atomic E-state index is 13.8. The first-order valence-electron chi connectivity index (χ1n) is 10.6. The summed E-state index contributed by atoms with van der Waals surface area (Å²) >= 11 is 3.42. The summed E-state index contributed by atoms with van der Waals surface area (Å²) in [6, 6.07) is 22.9. The van der Waals surface area contributed by atoms with Crippen LogP contribution in [0.3, 0.4) is 0 Å². The first-order valence-corrected chi connectivity index (χ1v) is 11.4. The van der Waals surface area contributed by atoms with E-state index in [1.165, 1.54) is 4.90 Å². The number of H-pyrrole nitrogens is 1. The number of ketones is 1. The van der Waals surface area contributed by atoms with Gasteiger partial charge in [-0.25, -0.2) is 0 Å². The number of hydrogen-bond donors (Lipinski definition) is 2. The Labute approximate surface area is 202 Å². The van der Waals surface area contributed by atoms with Gasteiger partial charge in [0.25, 0.3) is 5.91 Å². The smallest absolute Gasteiger partial charge is 0.294 e. The Balaban J connectivity index is 1.55. The number of halogens is 1. The highest BCUT2D eigenvalue weighted by atomic mass is 79.9. The van der Waals surface area contributed by atoms with Gasteiger partial charge in [-0.05, 0) is 42.5 Å². The molecule has 1 amide bonds. The number of aromatic amines is 1. The maximum atomic E-state index is 13.8. The van der Waals surface area contributed by atoms with Gasteiger partial charge in [0.1, 0.15) is 5.58 Å². The van der Waals surface area contributed by atoms with Gasteiger partial charge in [0.2, 0.25) is 5.78 Å². The number of para-hydroxylation sites is 2. The molecule has 0 fully saturated rings. The Bertz CT molecular complexity index is 1630. The van der Waals surface area contributed by atoms with Gasteiger partial charge in [-0.3, -0.25) is 14.5 Å². The second-order valence-electron chi connectivity index (χ2n) is 8.09. The van der Waals surface area contributed by atoms with E-state index in [1.54, 1.807) is 30.5 Å². The lowest BCUT2D eigenvalue weighted by Gasteiger charge is -2.26. The van der Waals surface area contributed by atoms with Crippen LogP contribution in [0.2, 0.25) is 0 Å². The molecule has 0 aliphatic carbocycles. The molecule has 0 saturated heterocycles. The molecule has 34 heavy (non-hydrogen) atoms. The maximum Gasteiger partial charge on any atom is 0.294 e. The second-order valence-corrected chi connectivity index (χ2v) is 9.00. The van der Waals surface area contributed by atoms with Crippen molar-refractivity contribution in [2.45, 2.75) is 6.04 Å². The molecule has 2 aromatic heterocycles. The molecule has 1 atom stereocenters. The van der Waals surface area contributed by atoms with Crippen molar-refractivity contribution >= 4 is 55.2 Å². The van der Waals surface area contributed by atoms with Crippen LogP contribution in [0, 0.1) is 0 Å². The summed E-state index contributed by atoms with van der Waals surface area (Å²) in [7, 11) is 0. The predicted octanol–water partition coefficient (Wildman–Crippen LogP) is 6.46. The summed E-state index contributed by atoms with van der Waals surface area (Å²) in [5.41, 5.74) is 2.67. The number of aliphatic hydroxyl groups excluding tert-OH is 1. The van der Waals surface area contributed by atoms with Crippen molar-refractivity contribution < 1.29 is 19.1 Å². The van der Waals surface area contributed by atoms with E-state index in [9.17, 15) is 14.7 Å². The lowest BCUT2D eigenvalue weighted by atomic mass is 9.94. The quantitative estimate of drug-likeness (QED) is 0.270. The number of nitrogens with one attached hydrogen (secondary N) is 1. The first kappa shape index (κ1) is 20.5. The fourth-order valence-corrected chi connectivity index (χ4v) is 4.94. The third-order valence-electron chi connectivity index (χ3n) is 6.11. The number of carbonyl (C=O) groups is 2. The molecular formula is C27H17BrN2O4. The highest BCUT2D eigenvalue weighted by molar-refractivity contribution is 9.10. The molecule has 166 valence electrons. The molecule has 3 heterocycles. The molecule has 5 aromatic rings. The van der Waals surface area contributed by atoms with Gasteiger partial charge in [0.15, 0.2) is 11.5 Å². The zero-order valence-electron chi connectivity index (χ0n) is 17.7. The summed E-state index contributed by atoms with van der Waals surface area (Å²) in [4.78, 5) is 31.8. The van der Waals surface area contributed by atoms with Crippen LogP contribution in [0.25, 0.3) is 21.9 Å². The highest BCUT2D eigenvalue weighted by Crippen LogP contribution is 2.44. The minimum absolute atomic E-state index is 0.0169. The van der Waals surface area contributed by atoms with Gasteiger partial charge < -0.3 is 14.5 Å². The van der Waals surface area contributed by atoms with Crippen molar-refractivity contribution in [3.05, 3.63) is 112 Å². The average molecular weight is 513 g/mol. The van der Waals surface area contributed by atoms with Crippen LogP contribution in [0.4, 0.5) is 5.69 Å². The fourth-order valence-electron chi connectivity index (χ4n) is 4.57. The molecule has 6 rings (SSSR count). The van der Waals surface area contributed by atoms with E-state index in [4.69, 9.17) is 4.42 Å². The van der Waals surface area contributed by atoms with E-state index < -0.39 is 23.5 Å². The number of benzene rings is 3. The Morgan fingerprint density at radius 1 is 1.00 bits per heavy atom. The SMILES string of the molecule is O=C(C1=C(O)C(=O)N(c2ccccc2)C1c1c[nH]c2ccccc12)c1cc2cc(Br)ccc2o1. The summed E-state index contributed by atoms with van der Waals surface area (Å²) in [5.74, 6) is -1.69. The van der Waals surface area contributed by atoms with Gasteiger partial charge in [0.05, 0.1) is 11.6 Å². The van der Waals surface area contributed by atoms with E-state index >= 15 is 0 Å². The zero-order chi connectivity index (χ0) is 23.4. The summed E-state index contributed by atoms with van der Waals surface area (Å²) in [6.07, 6.45) is 1.78. The molecule has 1 aliphatic rings. The van der Waals surface area contributed by atoms with E-state index in [2.05, 4.69) is 20.9 Å². The van der Waals surface area contributed by atoms with Gasteiger partial charge >= 0.3 is 0 Å². The summed E-state index contributed by atoms with van der Waals surface area (Å²) in [5, 5.41) is 12.6. The molecular weight excluding hydrogens is 496 g/mol. The molecule has 0 spiro atoms. The van der Waals surface area contributed by atoms with E-state index in [0.717, 1.165) is 20.8 Å². The third kappa shape index (κ3) is 3.08. The van der Waals surface area contributed by atoms with Gasteiger partial charge in [0, 0.05) is 38.2 Å². The van der Waals surface area contributed by atoms with Gasteiger partial charge in [-0.15, -0.1) is 0 Å². The Kier molecular flexibility index (Phi) is 4.67. The molecule has 0 saturated carbocycles. The van der Waals surface area contributed by atoms with E-state index in [0.29, 0.717) is 16.8 Å². The van der Waals surface area contributed by atoms with E-state index in [1.807, 2.05) is 54.6 Å². The number of aromatic nitrogens is 1. The van der Waals surface area contributed by atoms with Crippen molar-refractivity contribution in [1.82, 2.24) is 4.98 Å². The second kappa shape index (κ2) is 7.74. The van der Waals surface area contributed by atoms with Crippen LogP contribution < -0.4 is 4.90 Å². The molecule has 2 N–H and O–H groups in total. The lowest BCUT2D eigenvalue weighted by molar-refractivity contribution is -0.117. The molecule has 1 aliphatic heterocycles. The van der Waals surface area contributed by atoms with Crippen LogP contribution in [0.5, 0.6) is 0 Å². The van der Waals surface area contributed by atoms with Crippen molar-refractivity contribution in [3.63, 3.8) is 0 Å². The van der Waals surface area contributed by atoms with Crippen LogP contribution in [-0.2, 0) is 4.79 Å². The number of anilines is 1. The topological polar surface area (TPSA) is 86.5 Å². The average Bonchev–Trinajstić information content (AvgIpc) is 3.53. The van der Waals surface area contributed by atoms with Crippen LogP contribution in [0.1, 0.15) is 22.2 Å². The Morgan fingerprint density at radius 2 is 1.76 bits per heavy atom. The zero-order valence-corrected chi connectivity index (χ0v) is 19.2. The molecule has 0 bridgehead atoms. The van der Waals surface area contributed by atoms with Crippen LogP contribution >= 0.6 is 15.9 Å². The van der Waals surface area contributed by atoms with Gasteiger partial charge in [-0.2, -0.15) is 0 Å². The predicted molar refractivity (Wildman–Crippen MR) is 133 cm³/mol. The number of Topliss-reactive ketones (excluding diaryl/α,β-unsaturated/α-hetero) is 1. The molecule has 1 unspecified atom stereocenters. The van der Waals surface area contributed by atoms with Crippen LogP contribution in [-0.4, -0.2) is 21.8 Å². The number of fused-ring (bicyclic) bond motifs is 2. The summed E-state index contributed by atoms with van der Waals surface area (Å²) in [6.45, 7) is 0. The number of furan rings is 1. The molecule has 0 radical (unpaired) electrons. The van der Waals surface area contributed by atoms with Crippen molar-refractivity contribution in [1.29, 1.82) is 0 Å². The lowest BCUT2D eigenvalue weighted by Crippen LogP contribution is -2.30. The van der Waals surface area contributed by atoms with Crippen molar-refractivity contribution in [3.8, 4) is 0 Å². The largest absolute Gasteiger partial charge is 0.503 e. The Hall–Kier alpha value is -4.10. The minimum atomic E-state index is -0.835.